The molecule has 9 heteroatoms. The molecule has 1 atom stereocenters. The molecule has 0 bridgehead atoms. The van der Waals surface area contributed by atoms with E-state index >= 15 is 0 Å². The van der Waals surface area contributed by atoms with E-state index in [1.165, 1.54) is 19.1 Å². The normalized spacial score (nSPS) is 16.2. The molecule has 1 aliphatic rings. The predicted molar refractivity (Wildman–Crippen MR) is 79.4 cm³/mol. The predicted octanol–water partition coefficient (Wildman–Crippen LogP) is 2.30. The van der Waals surface area contributed by atoms with Gasteiger partial charge < -0.3 is 9.15 Å². The molecule has 2 aromatic rings. The van der Waals surface area contributed by atoms with E-state index in [-0.39, 0.29) is 11.7 Å². The number of nitro groups is 1. The number of furan rings is 1. The summed E-state index contributed by atoms with van der Waals surface area (Å²) >= 11 is 0. The molecule has 1 aromatic heterocycles. The van der Waals surface area contributed by atoms with Gasteiger partial charge in [-0.1, -0.05) is 0 Å². The first-order valence-corrected chi connectivity index (χ1v) is 6.79. The molecule has 1 aromatic carbocycles. The molecule has 120 valence electrons. The number of carbonyl (C=O) groups is 1. The van der Waals surface area contributed by atoms with Gasteiger partial charge in [-0.25, -0.2) is 0 Å². The summed E-state index contributed by atoms with van der Waals surface area (Å²) in [5.41, 5.74) is 1.03. The van der Waals surface area contributed by atoms with Crippen LogP contribution in [0.5, 0.6) is 0 Å². The molecule has 1 aliphatic heterocycles. The molecule has 9 nitrogen and oxygen atoms in total. The third kappa shape index (κ3) is 2.68. The molecule has 0 N–H and O–H groups in total. The maximum absolute atomic E-state index is 11.8. The summed E-state index contributed by atoms with van der Waals surface area (Å²) in [5, 5.41) is 24.7. The number of nitrogens with zero attached hydrogens (tertiary/aromatic N) is 4. The molecular weight excluding hydrogens is 316 g/mol. The van der Waals surface area contributed by atoms with Crippen molar-refractivity contribution in [2.45, 2.75) is 13.2 Å². The summed E-state index contributed by atoms with van der Waals surface area (Å²) in [4.78, 5) is 21.8. The number of nitriles is 1. The maximum atomic E-state index is 11.8. The molecule has 0 spiro atoms. The first-order valence-electron chi connectivity index (χ1n) is 6.79. The average Bonchev–Trinajstić information content (AvgIpc) is 3.21. The van der Waals surface area contributed by atoms with E-state index in [0.717, 1.165) is 5.01 Å². The molecule has 0 aliphatic carbocycles. The van der Waals surface area contributed by atoms with Gasteiger partial charge in [0.05, 0.1) is 17.7 Å². The SMILES string of the molecule is CC(=O)N1N=C(c2ccc(C#N)cc2)OC1c1ccc([N+](=O)[O-])o1. The quantitative estimate of drug-likeness (QED) is 0.630. The van der Waals surface area contributed by atoms with Crippen LogP contribution in [0.2, 0.25) is 0 Å². The Hall–Kier alpha value is -3.67. The lowest BCUT2D eigenvalue weighted by atomic mass is 10.1. The summed E-state index contributed by atoms with van der Waals surface area (Å²) in [6, 6.07) is 11.0. The van der Waals surface area contributed by atoms with E-state index in [1.807, 2.05) is 6.07 Å². The van der Waals surface area contributed by atoms with E-state index in [2.05, 4.69) is 5.10 Å². The van der Waals surface area contributed by atoms with Gasteiger partial charge in [0, 0.05) is 12.5 Å². The highest BCUT2D eigenvalue weighted by Crippen LogP contribution is 2.32. The molecule has 2 heterocycles. The Morgan fingerprint density at radius 2 is 2.04 bits per heavy atom. The van der Waals surface area contributed by atoms with Crippen LogP contribution in [0.1, 0.15) is 30.0 Å². The highest BCUT2D eigenvalue weighted by atomic mass is 16.7. The van der Waals surface area contributed by atoms with Crippen molar-refractivity contribution in [2.24, 2.45) is 5.10 Å². The summed E-state index contributed by atoms with van der Waals surface area (Å²) < 4.78 is 10.7. The standard InChI is InChI=1S/C15H10N4O5/c1-9(20)18-15(12-6-7-13(23-12)19(21)22)24-14(17-18)11-4-2-10(8-16)3-5-11/h2-7,15H,1H3. The number of hydrogen-bond donors (Lipinski definition) is 0. The highest BCUT2D eigenvalue weighted by Gasteiger charge is 2.36. The Morgan fingerprint density at radius 3 is 2.58 bits per heavy atom. The van der Waals surface area contributed by atoms with Crippen molar-refractivity contribution in [3.8, 4) is 6.07 Å². The number of hydrogen-bond acceptors (Lipinski definition) is 7. The monoisotopic (exact) mass is 326 g/mol. The van der Waals surface area contributed by atoms with Crippen molar-refractivity contribution in [1.29, 1.82) is 5.26 Å². The molecule has 0 fully saturated rings. The summed E-state index contributed by atoms with van der Waals surface area (Å²) in [6.07, 6.45) is -1.03. The third-order valence-corrected chi connectivity index (χ3v) is 3.26. The molecule has 0 saturated carbocycles. The van der Waals surface area contributed by atoms with Crippen molar-refractivity contribution in [3.05, 3.63) is 63.4 Å². The summed E-state index contributed by atoms with van der Waals surface area (Å²) in [5.74, 6) is -0.630. The summed E-state index contributed by atoms with van der Waals surface area (Å²) in [6.45, 7) is 1.29. The van der Waals surface area contributed by atoms with Crippen LogP contribution in [-0.2, 0) is 9.53 Å². The number of carbonyl (C=O) groups excluding carboxylic acids is 1. The van der Waals surface area contributed by atoms with Gasteiger partial charge in [0.25, 0.3) is 6.23 Å². The number of rotatable bonds is 3. The van der Waals surface area contributed by atoms with Crippen LogP contribution < -0.4 is 0 Å². The van der Waals surface area contributed by atoms with Gasteiger partial charge in [-0.15, -0.1) is 5.10 Å². The largest absolute Gasteiger partial charge is 0.442 e. The zero-order valence-corrected chi connectivity index (χ0v) is 12.4. The molecule has 24 heavy (non-hydrogen) atoms. The first-order chi connectivity index (χ1) is 11.5. The Bertz CT molecular complexity index is 878. The van der Waals surface area contributed by atoms with Crippen LogP contribution in [0.15, 0.2) is 45.9 Å². The van der Waals surface area contributed by atoms with Gasteiger partial charge in [0.15, 0.2) is 5.76 Å². The first kappa shape index (κ1) is 15.2. The lowest BCUT2D eigenvalue weighted by Gasteiger charge is -2.16. The smallest absolute Gasteiger partial charge is 0.433 e. The average molecular weight is 326 g/mol. The van der Waals surface area contributed by atoms with Crippen molar-refractivity contribution in [1.82, 2.24) is 5.01 Å². The minimum Gasteiger partial charge on any atom is -0.442 e. The van der Waals surface area contributed by atoms with Crippen LogP contribution in [-0.4, -0.2) is 21.7 Å². The van der Waals surface area contributed by atoms with Crippen molar-refractivity contribution >= 4 is 17.7 Å². The molecule has 1 amide bonds. The van der Waals surface area contributed by atoms with Crippen molar-refractivity contribution in [3.63, 3.8) is 0 Å². The summed E-state index contributed by atoms with van der Waals surface area (Å²) in [7, 11) is 0. The lowest BCUT2D eigenvalue weighted by molar-refractivity contribution is -0.402. The van der Waals surface area contributed by atoms with Gasteiger partial charge >= 0.3 is 5.88 Å². The fourth-order valence-electron chi connectivity index (χ4n) is 2.13. The lowest BCUT2D eigenvalue weighted by Crippen LogP contribution is -2.24. The van der Waals surface area contributed by atoms with Crippen LogP contribution in [0.3, 0.4) is 0 Å². The van der Waals surface area contributed by atoms with Gasteiger partial charge in [-0.3, -0.25) is 14.9 Å². The minimum atomic E-state index is -1.03. The van der Waals surface area contributed by atoms with E-state index in [9.17, 15) is 14.9 Å². The van der Waals surface area contributed by atoms with Gasteiger partial charge in [0.1, 0.15) is 4.92 Å². The van der Waals surface area contributed by atoms with Crippen molar-refractivity contribution in [2.75, 3.05) is 0 Å². The van der Waals surface area contributed by atoms with Gasteiger partial charge in [0.2, 0.25) is 11.8 Å². The second-order valence-electron chi connectivity index (χ2n) is 4.86. The number of amides is 1. The molecule has 1 unspecified atom stereocenters. The molecule has 0 saturated heterocycles. The fourth-order valence-corrected chi connectivity index (χ4v) is 2.13. The zero-order valence-electron chi connectivity index (χ0n) is 12.4. The second-order valence-corrected chi connectivity index (χ2v) is 4.86. The Morgan fingerprint density at radius 1 is 1.33 bits per heavy atom. The van der Waals surface area contributed by atoms with Crippen LogP contribution in [0, 0.1) is 21.4 Å². The number of benzene rings is 1. The topological polar surface area (TPSA) is 122 Å². The Balaban J connectivity index is 1.91. The van der Waals surface area contributed by atoms with E-state index in [4.69, 9.17) is 14.4 Å². The van der Waals surface area contributed by atoms with E-state index in [0.29, 0.717) is 11.1 Å². The molecular formula is C15H10N4O5. The molecule has 3 rings (SSSR count). The highest BCUT2D eigenvalue weighted by molar-refractivity contribution is 5.96. The fraction of sp³-hybridized carbons (Fsp3) is 0.133. The second kappa shape index (κ2) is 5.85. The van der Waals surface area contributed by atoms with Crippen LogP contribution in [0.25, 0.3) is 0 Å². The number of hydrazone groups is 1. The zero-order chi connectivity index (χ0) is 17.3. The van der Waals surface area contributed by atoms with E-state index in [1.54, 1.807) is 24.3 Å². The maximum Gasteiger partial charge on any atom is 0.433 e. The minimum absolute atomic E-state index is 0.0873. The van der Waals surface area contributed by atoms with Gasteiger partial charge in [-0.05, 0) is 30.3 Å². The number of ether oxygens (including phenoxy) is 1. The van der Waals surface area contributed by atoms with Crippen LogP contribution >= 0.6 is 0 Å². The van der Waals surface area contributed by atoms with Crippen LogP contribution in [0.4, 0.5) is 5.88 Å². The van der Waals surface area contributed by atoms with Gasteiger partial charge in [-0.2, -0.15) is 10.3 Å². The Kier molecular flexibility index (Phi) is 3.71. The van der Waals surface area contributed by atoms with E-state index < -0.39 is 22.9 Å². The van der Waals surface area contributed by atoms with Crippen molar-refractivity contribution < 1.29 is 18.9 Å². The Labute approximate surface area is 135 Å². The third-order valence-electron chi connectivity index (χ3n) is 3.26. The molecule has 0 radical (unpaired) electrons.